The van der Waals surface area contributed by atoms with Gasteiger partial charge in [-0.3, -0.25) is 4.79 Å². The highest BCUT2D eigenvalue weighted by atomic mass is 32.2. The zero-order valence-electron chi connectivity index (χ0n) is 12.3. The summed E-state index contributed by atoms with van der Waals surface area (Å²) in [6.45, 7) is 4.31. The molecule has 1 fully saturated rings. The molecule has 1 heterocycles. The summed E-state index contributed by atoms with van der Waals surface area (Å²) in [5.41, 5.74) is 6.86. The summed E-state index contributed by atoms with van der Waals surface area (Å²) in [6, 6.07) is 4.24. The lowest BCUT2D eigenvalue weighted by molar-refractivity contribution is -0.126. The third-order valence-corrected chi connectivity index (χ3v) is 5.72. The fraction of sp³-hybridized carbons (Fsp3) is 0.500. The molecule has 1 saturated heterocycles. The molecule has 0 bridgehead atoms. The van der Waals surface area contributed by atoms with Crippen molar-refractivity contribution in [2.75, 3.05) is 18.8 Å². The van der Waals surface area contributed by atoms with E-state index in [1.54, 1.807) is 19.1 Å². The number of aryl methyl sites for hydroxylation is 1. The number of nitrogens with two attached hydrogens (primary N) is 1. The van der Waals surface area contributed by atoms with Crippen LogP contribution in [-0.2, 0) is 21.2 Å². The molecule has 0 aliphatic carbocycles. The first kappa shape index (κ1) is 15.8. The third kappa shape index (κ3) is 2.89. The predicted molar refractivity (Wildman–Crippen MR) is 81.2 cm³/mol. The lowest BCUT2D eigenvalue weighted by Gasteiger charge is -2.33. The molecule has 1 atom stereocenters. The van der Waals surface area contributed by atoms with Crippen molar-refractivity contribution in [1.82, 2.24) is 9.62 Å². The van der Waals surface area contributed by atoms with Gasteiger partial charge in [0.15, 0.2) is 0 Å². The van der Waals surface area contributed by atoms with Gasteiger partial charge in [0.2, 0.25) is 15.9 Å². The molecule has 1 aliphatic heterocycles. The van der Waals surface area contributed by atoms with Crippen molar-refractivity contribution in [3.05, 3.63) is 23.8 Å². The van der Waals surface area contributed by atoms with Crippen LogP contribution in [-0.4, -0.2) is 37.8 Å². The van der Waals surface area contributed by atoms with Gasteiger partial charge in [-0.1, -0.05) is 19.9 Å². The Kier molecular flexibility index (Phi) is 4.53. The maximum atomic E-state index is 12.9. The maximum Gasteiger partial charge on any atom is 0.244 e. The average molecular weight is 311 g/mol. The molecule has 6 nitrogen and oxygen atoms in total. The number of hydrogen-bond acceptors (Lipinski definition) is 4. The minimum atomic E-state index is -3.73. The minimum absolute atomic E-state index is 0.207. The standard InChI is InChI=1S/C14H21N3O3S/c1-3-10-5-6-11(15)9-13(10)21(19,20)17-8-7-16-14(18)12(17)4-2/h5-6,9,12H,3-4,7-8,15H2,1-2H3,(H,16,18). The molecule has 1 aromatic rings. The largest absolute Gasteiger partial charge is 0.399 e. The number of piperazine rings is 1. The molecule has 1 unspecified atom stereocenters. The van der Waals surface area contributed by atoms with Crippen LogP contribution in [0, 0.1) is 0 Å². The predicted octanol–water partition coefficient (Wildman–Crippen LogP) is 0.730. The van der Waals surface area contributed by atoms with Crippen molar-refractivity contribution in [2.24, 2.45) is 0 Å². The van der Waals surface area contributed by atoms with Gasteiger partial charge < -0.3 is 11.1 Å². The van der Waals surface area contributed by atoms with E-state index in [4.69, 9.17) is 5.73 Å². The van der Waals surface area contributed by atoms with Gasteiger partial charge in [0, 0.05) is 18.8 Å². The molecule has 116 valence electrons. The normalized spacial score (nSPS) is 20.3. The van der Waals surface area contributed by atoms with Crippen LogP contribution in [0.25, 0.3) is 0 Å². The van der Waals surface area contributed by atoms with Crippen LogP contribution in [0.1, 0.15) is 25.8 Å². The van der Waals surface area contributed by atoms with Gasteiger partial charge in [-0.05, 0) is 30.5 Å². The van der Waals surface area contributed by atoms with E-state index in [-0.39, 0.29) is 17.3 Å². The Balaban J connectivity index is 2.50. The van der Waals surface area contributed by atoms with Gasteiger partial charge in [0.1, 0.15) is 6.04 Å². The number of nitrogen functional groups attached to an aromatic ring is 1. The Bertz CT molecular complexity index is 643. The number of rotatable bonds is 4. The molecule has 0 spiro atoms. The minimum Gasteiger partial charge on any atom is -0.399 e. The molecule has 3 N–H and O–H groups in total. The smallest absolute Gasteiger partial charge is 0.244 e. The van der Waals surface area contributed by atoms with E-state index >= 15 is 0 Å². The zero-order valence-corrected chi connectivity index (χ0v) is 13.1. The summed E-state index contributed by atoms with van der Waals surface area (Å²) >= 11 is 0. The van der Waals surface area contributed by atoms with Gasteiger partial charge in [0.05, 0.1) is 4.90 Å². The van der Waals surface area contributed by atoms with Crippen molar-refractivity contribution in [1.29, 1.82) is 0 Å². The van der Waals surface area contributed by atoms with E-state index in [1.807, 2.05) is 6.92 Å². The monoisotopic (exact) mass is 311 g/mol. The van der Waals surface area contributed by atoms with Crippen LogP contribution in [0.4, 0.5) is 5.69 Å². The van der Waals surface area contributed by atoms with Crippen LogP contribution in [0.3, 0.4) is 0 Å². The fourth-order valence-corrected chi connectivity index (χ4v) is 4.59. The second-order valence-electron chi connectivity index (χ2n) is 5.05. The number of carbonyl (C=O) groups is 1. The second-order valence-corrected chi connectivity index (χ2v) is 6.91. The Morgan fingerprint density at radius 2 is 2.10 bits per heavy atom. The molecular formula is C14H21N3O3S. The van der Waals surface area contributed by atoms with Crippen LogP contribution in [0.2, 0.25) is 0 Å². The molecule has 21 heavy (non-hydrogen) atoms. The van der Waals surface area contributed by atoms with E-state index in [2.05, 4.69) is 5.32 Å². The molecule has 1 amide bonds. The number of nitrogens with one attached hydrogen (secondary N) is 1. The quantitative estimate of drug-likeness (QED) is 0.802. The van der Waals surface area contributed by atoms with Gasteiger partial charge >= 0.3 is 0 Å². The topological polar surface area (TPSA) is 92.5 Å². The highest BCUT2D eigenvalue weighted by molar-refractivity contribution is 7.89. The summed E-state index contributed by atoms with van der Waals surface area (Å²) in [7, 11) is -3.73. The summed E-state index contributed by atoms with van der Waals surface area (Å²) < 4.78 is 27.1. The number of carbonyl (C=O) groups excluding carboxylic acids is 1. The second kappa shape index (κ2) is 6.03. The molecule has 2 rings (SSSR count). The zero-order chi connectivity index (χ0) is 15.6. The van der Waals surface area contributed by atoms with Crippen LogP contribution < -0.4 is 11.1 Å². The van der Waals surface area contributed by atoms with E-state index in [0.29, 0.717) is 30.6 Å². The molecule has 0 radical (unpaired) electrons. The number of nitrogens with zero attached hydrogens (tertiary/aromatic N) is 1. The first-order chi connectivity index (χ1) is 9.91. The third-order valence-electron chi connectivity index (χ3n) is 3.73. The molecule has 0 aromatic heterocycles. The Morgan fingerprint density at radius 1 is 1.38 bits per heavy atom. The van der Waals surface area contributed by atoms with Crippen LogP contribution in [0.5, 0.6) is 0 Å². The highest BCUT2D eigenvalue weighted by Gasteiger charge is 2.38. The molecule has 1 aliphatic rings. The fourth-order valence-electron chi connectivity index (χ4n) is 2.60. The highest BCUT2D eigenvalue weighted by Crippen LogP contribution is 2.26. The lowest BCUT2D eigenvalue weighted by Crippen LogP contribution is -2.56. The first-order valence-electron chi connectivity index (χ1n) is 7.09. The summed E-state index contributed by atoms with van der Waals surface area (Å²) in [5, 5.41) is 2.71. The first-order valence-corrected chi connectivity index (χ1v) is 8.53. The SMILES string of the molecule is CCc1ccc(N)cc1S(=O)(=O)N1CCNC(=O)C1CC. The number of hydrogen-bond donors (Lipinski definition) is 2. The van der Waals surface area contributed by atoms with Crippen LogP contribution >= 0.6 is 0 Å². The summed E-state index contributed by atoms with van der Waals surface area (Å²) in [4.78, 5) is 12.1. The van der Waals surface area contributed by atoms with Crippen molar-refractivity contribution in [3.8, 4) is 0 Å². The number of benzene rings is 1. The van der Waals surface area contributed by atoms with Gasteiger partial charge in [0.25, 0.3) is 0 Å². The van der Waals surface area contributed by atoms with E-state index in [0.717, 1.165) is 0 Å². The Hall–Kier alpha value is -1.60. The maximum absolute atomic E-state index is 12.9. The van der Waals surface area contributed by atoms with Crippen LogP contribution in [0.15, 0.2) is 23.1 Å². The lowest BCUT2D eigenvalue weighted by atomic mass is 10.1. The average Bonchev–Trinajstić information content (AvgIpc) is 2.46. The van der Waals surface area contributed by atoms with Gasteiger partial charge in [-0.25, -0.2) is 8.42 Å². The summed E-state index contributed by atoms with van der Waals surface area (Å²) in [6.07, 6.45) is 1.03. The molecule has 1 aromatic carbocycles. The molecule has 7 heteroatoms. The van der Waals surface area contributed by atoms with E-state index in [9.17, 15) is 13.2 Å². The number of sulfonamides is 1. The Labute approximate surface area is 125 Å². The van der Waals surface area contributed by atoms with Crippen molar-refractivity contribution < 1.29 is 13.2 Å². The Morgan fingerprint density at radius 3 is 2.71 bits per heavy atom. The van der Waals surface area contributed by atoms with Gasteiger partial charge in [-0.15, -0.1) is 0 Å². The number of amides is 1. The van der Waals surface area contributed by atoms with E-state index in [1.165, 1.54) is 10.4 Å². The molecule has 0 saturated carbocycles. The van der Waals surface area contributed by atoms with E-state index < -0.39 is 16.1 Å². The van der Waals surface area contributed by atoms with Gasteiger partial charge in [-0.2, -0.15) is 4.31 Å². The molecular weight excluding hydrogens is 290 g/mol. The summed E-state index contributed by atoms with van der Waals surface area (Å²) in [5.74, 6) is -0.241. The van der Waals surface area contributed by atoms with Crippen molar-refractivity contribution in [3.63, 3.8) is 0 Å². The number of anilines is 1. The van der Waals surface area contributed by atoms with Crippen molar-refractivity contribution in [2.45, 2.75) is 37.6 Å². The van der Waals surface area contributed by atoms with Crippen molar-refractivity contribution >= 4 is 21.6 Å².